The summed E-state index contributed by atoms with van der Waals surface area (Å²) in [5.74, 6) is 2.10. The lowest BCUT2D eigenvalue weighted by atomic mass is 10.4. The number of hydrogen-bond donors (Lipinski definition) is 0. The first-order valence-corrected chi connectivity index (χ1v) is 8.80. The highest BCUT2D eigenvalue weighted by Crippen LogP contribution is 2.34. The van der Waals surface area contributed by atoms with Crippen molar-refractivity contribution in [1.82, 2.24) is 4.31 Å². The fourth-order valence-corrected chi connectivity index (χ4v) is 3.88. The highest BCUT2D eigenvalue weighted by molar-refractivity contribution is 7.89. The van der Waals surface area contributed by atoms with Gasteiger partial charge in [0.05, 0.1) is 5.75 Å². The predicted octanol–water partition coefficient (Wildman–Crippen LogP) is 2.46. The molecule has 2 aliphatic rings. The van der Waals surface area contributed by atoms with Gasteiger partial charge in [-0.2, -0.15) is 0 Å². The van der Waals surface area contributed by atoms with Crippen LogP contribution in [0, 0.1) is 11.8 Å². The SMILES string of the molecule is O=S(=O)(CCCCCl)N(CC1CC1)CC1CC1. The molecule has 0 spiro atoms. The topological polar surface area (TPSA) is 37.4 Å². The second-order valence-corrected chi connectivity index (χ2v) is 7.88. The second-order valence-electron chi connectivity index (χ2n) is 5.42. The zero-order chi connectivity index (χ0) is 12.3. The number of rotatable bonds is 9. The molecule has 0 saturated heterocycles. The van der Waals surface area contributed by atoms with Gasteiger partial charge in [0, 0.05) is 19.0 Å². The molecule has 0 atom stereocenters. The van der Waals surface area contributed by atoms with E-state index < -0.39 is 10.0 Å². The van der Waals surface area contributed by atoms with E-state index in [-0.39, 0.29) is 5.75 Å². The van der Waals surface area contributed by atoms with E-state index in [0.717, 1.165) is 19.5 Å². The summed E-state index contributed by atoms with van der Waals surface area (Å²) in [6.45, 7) is 1.53. The van der Waals surface area contributed by atoms with Crippen molar-refractivity contribution in [3.8, 4) is 0 Å². The summed E-state index contributed by atoms with van der Waals surface area (Å²) in [7, 11) is -3.03. The molecule has 2 rings (SSSR count). The zero-order valence-corrected chi connectivity index (χ0v) is 11.8. The number of sulfonamides is 1. The summed E-state index contributed by atoms with van der Waals surface area (Å²) in [5.41, 5.74) is 0. The van der Waals surface area contributed by atoms with Crippen LogP contribution in [0.25, 0.3) is 0 Å². The molecule has 0 bridgehead atoms. The van der Waals surface area contributed by atoms with Crippen molar-refractivity contribution in [2.75, 3.05) is 24.7 Å². The molecule has 0 unspecified atom stereocenters. The Labute approximate surface area is 110 Å². The molecule has 0 amide bonds. The van der Waals surface area contributed by atoms with Crippen LogP contribution < -0.4 is 0 Å². The van der Waals surface area contributed by atoms with Crippen molar-refractivity contribution in [2.24, 2.45) is 11.8 Å². The van der Waals surface area contributed by atoms with Gasteiger partial charge < -0.3 is 0 Å². The first-order valence-electron chi connectivity index (χ1n) is 6.65. The molecular formula is C12H22ClNO2S. The van der Waals surface area contributed by atoms with Crippen molar-refractivity contribution in [3.05, 3.63) is 0 Å². The van der Waals surface area contributed by atoms with Gasteiger partial charge in [-0.1, -0.05) is 0 Å². The Morgan fingerprint density at radius 1 is 1.00 bits per heavy atom. The maximum absolute atomic E-state index is 12.2. The Morgan fingerprint density at radius 3 is 1.94 bits per heavy atom. The summed E-state index contributed by atoms with van der Waals surface area (Å²) in [4.78, 5) is 0. The zero-order valence-electron chi connectivity index (χ0n) is 10.3. The van der Waals surface area contributed by atoms with E-state index in [4.69, 9.17) is 11.6 Å². The van der Waals surface area contributed by atoms with Crippen LogP contribution in [0.1, 0.15) is 38.5 Å². The molecule has 0 aromatic rings. The van der Waals surface area contributed by atoms with Crippen LogP contribution in [0.4, 0.5) is 0 Å². The number of nitrogens with zero attached hydrogens (tertiary/aromatic N) is 1. The highest BCUT2D eigenvalue weighted by Gasteiger charge is 2.34. The van der Waals surface area contributed by atoms with Crippen molar-refractivity contribution in [1.29, 1.82) is 0 Å². The smallest absolute Gasteiger partial charge is 0.212 e. The van der Waals surface area contributed by atoms with Crippen LogP contribution in [-0.4, -0.2) is 37.4 Å². The van der Waals surface area contributed by atoms with E-state index in [2.05, 4.69) is 0 Å². The molecule has 0 heterocycles. The van der Waals surface area contributed by atoms with Crippen LogP contribution in [0.3, 0.4) is 0 Å². The van der Waals surface area contributed by atoms with E-state index in [0.29, 0.717) is 24.1 Å². The summed E-state index contributed by atoms with van der Waals surface area (Å²) >= 11 is 5.59. The predicted molar refractivity (Wildman–Crippen MR) is 70.8 cm³/mol. The summed E-state index contributed by atoms with van der Waals surface area (Å²) < 4.78 is 26.2. The van der Waals surface area contributed by atoms with Crippen LogP contribution in [0.15, 0.2) is 0 Å². The third kappa shape index (κ3) is 4.76. The van der Waals surface area contributed by atoms with E-state index in [1.165, 1.54) is 25.7 Å². The van der Waals surface area contributed by atoms with Gasteiger partial charge in [0.15, 0.2) is 0 Å². The lowest BCUT2D eigenvalue weighted by Crippen LogP contribution is -2.36. The van der Waals surface area contributed by atoms with Gasteiger partial charge in [0.25, 0.3) is 0 Å². The third-order valence-electron chi connectivity index (χ3n) is 3.50. The van der Waals surface area contributed by atoms with E-state index in [9.17, 15) is 8.42 Å². The van der Waals surface area contributed by atoms with E-state index in [1.807, 2.05) is 0 Å². The quantitative estimate of drug-likeness (QED) is 0.480. The molecular weight excluding hydrogens is 258 g/mol. The largest absolute Gasteiger partial charge is 0.214 e. The summed E-state index contributed by atoms with van der Waals surface area (Å²) in [6, 6.07) is 0. The molecule has 17 heavy (non-hydrogen) atoms. The number of alkyl halides is 1. The van der Waals surface area contributed by atoms with Gasteiger partial charge in [0.1, 0.15) is 0 Å². The molecule has 0 N–H and O–H groups in total. The number of hydrogen-bond acceptors (Lipinski definition) is 2. The molecule has 2 fully saturated rings. The minimum Gasteiger partial charge on any atom is -0.212 e. The van der Waals surface area contributed by atoms with Crippen LogP contribution >= 0.6 is 11.6 Å². The molecule has 2 aliphatic carbocycles. The number of unbranched alkanes of at least 4 members (excludes halogenated alkanes) is 1. The van der Waals surface area contributed by atoms with Crippen molar-refractivity contribution in [2.45, 2.75) is 38.5 Å². The van der Waals surface area contributed by atoms with Crippen molar-refractivity contribution in [3.63, 3.8) is 0 Å². The van der Waals surface area contributed by atoms with Gasteiger partial charge in [0.2, 0.25) is 10.0 Å². The molecule has 0 radical (unpaired) electrons. The van der Waals surface area contributed by atoms with Crippen molar-refractivity contribution < 1.29 is 8.42 Å². The minimum atomic E-state index is -3.03. The molecule has 0 aromatic heterocycles. The molecule has 0 aliphatic heterocycles. The Balaban J connectivity index is 1.86. The van der Waals surface area contributed by atoms with E-state index >= 15 is 0 Å². The normalized spacial score (nSPS) is 21.1. The van der Waals surface area contributed by atoms with Gasteiger partial charge >= 0.3 is 0 Å². The molecule has 3 nitrogen and oxygen atoms in total. The van der Waals surface area contributed by atoms with Gasteiger partial charge in [-0.25, -0.2) is 12.7 Å². The van der Waals surface area contributed by atoms with Gasteiger partial charge in [-0.3, -0.25) is 0 Å². The third-order valence-corrected chi connectivity index (χ3v) is 5.65. The van der Waals surface area contributed by atoms with E-state index in [1.54, 1.807) is 4.31 Å². The lowest BCUT2D eigenvalue weighted by molar-refractivity contribution is 0.381. The Morgan fingerprint density at radius 2 is 1.53 bits per heavy atom. The maximum Gasteiger partial charge on any atom is 0.214 e. The van der Waals surface area contributed by atoms with Gasteiger partial charge in [-0.05, 0) is 50.4 Å². The molecule has 100 valence electrons. The van der Waals surface area contributed by atoms with Crippen LogP contribution in [0.2, 0.25) is 0 Å². The van der Waals surface area contributed by atoms with Gasteiger partial charge in [-0.15, -0.1) is 11.6 Å². The average Bonchev–Trinajstić information content (AvgIpc) is 3.11. The molecule has 5 heteroatoms. The summed E-state index contributed by atoms with van der Waals surface area (Å²) in [6.07, 6.45) is 6.31. The Kier molecular flexibility index (Phi) is 4.72. The standard InChI is InChI=1S/C12H22ClNO2S/c13-7-1-2-8-17(15,16)14(9-11-3-4-11)10-12-5-6-12/h11-12H,1-10H2. The maximum atomic E-state index is 12.2. The monoisotopic (exact) mass is 279 g/mol. The average molecular weight is 280 g/mol. The molecule has 2 saturated carbocycles. The highest BCUT2D eigenvalue weighted by atomic mass is 35.5. The first-order chi connectivity index (χ1) is 8.12. The minimum absolute atomic E-state index is 0.277. The Bertz CT molecular complexity index is 322. The fraction of sp³-hybridized carbons (Fsp3) is 1.00. The molecule has 0 aromatic carbocycles. The lowest BCUT2D eigenvalue weighted by Gasteiger charge is -2.21. The van der Waals surface area contributed by atoms with Crippen LogP contribution in [-0.2, 0) is 10.0 Å². The summed E-state index contributed by atoms with van der Waals surface area (Å²) in [5, 5.41) is 0. The fourth-order valence-electron chi connectivity index (χ4n) is 1.99. The van der Waals surface area contributed by atoms with Crippen LogP contribution in [0.5, 0.6) is 0 Å². The Hall–Kier alpha value is 0.200. The van der Waals surface area contributed by atoms with Crippen molar-refractivity contribution >= 4 is 21.6 Å². The second kappa shape index (κ2) is 5.89. The first kappa shape index (κ1) is 13.6. The number of halogens is 1.